The van der Waals surface area contributed by atoms with Crippen LogP contribution in [0.15, 0.2) is 21.9 Å². The summed E-state index contributed by atoms with van der Waals surface area (Å²) in [5.74, 6) is 2.69. The first kappa shape index (κ1) is 15.1. The number of fused-ring (bicyclic) bond motifs is 1. The van der Waals surface area contributed by atoms with Crippen molar-refractivity contribution in [2.24, 2.45) is 0 Å². The number of rotatable bonds is 3. The molecule has 124 valence electrons. The van der Waals surface area contributed by atoms with Gasteiger partial charge < -0.3 is 14.3 Å². The minimum Gasteiger partial charge on any atom is -0.440 e. The van der Waals surface area contributed by atoms with Crippen LogP contribution in [0.4, 0.5) is 0 Å². The Kier molecular flexibility index (Phi) is 3.68. The van der Waals surface area contributed by atoms with Crippen LogP contribution in [0.5, 0.6) is 0 Å². The number of thiophene rings is 1. The summed E-state index contributed by atoms with van der Waals surface area (Å²) in [4.78, 5) is 17.9. The average molecular weight is 343 g/mol. The van der Waals surface area contributed by atoms with Gasteiger partial charge in [0.15, 0.2) is 5.69 Å². The number of nitrogens with zero attached hydrogens (tertiary/aromatic N) is 4. The maximum Gasteiger partial charge on any atom is 0.273 e. The molecule has 0 saturated heterocycles. The number of oxazole rings is 1. The van der Waals surface area contributed by atoms with Crippen molar-refractivity contribution in [2.75, 3.05) is 0 Å². The molecule has 1 aliphatic rings. The summed E-state index contributed by atoms with van der Waals surface area (Å²) in [6.45, 7) is 4.38. The Morgan fingerprint density at radius 2 is 2.29 bits per heavy atom. The zero-order valence-corrected chi connectivity index (χ0v) is 14.3. The minimum absolute atomic E-state index is 0.0426. The van der Waals surface area contributed by atoms with Crippen LogP contribution in [-0.2, 0) is 13.0 Å². The fourth-order valence-electron chi connectivity index (χ4n) is 2.95. The third kappa shape index (κ3) is 2.62. The molecule has 0 fully saturated rings. The second-order valence-electron chi connectivity index (χ2n) is 5.88. The van der Waals surface area contributed by atoms with Crippen LogP contribution >= 0.6 is 11.3 Å². The lowest BCUT2D eigenvalue weighted by Crippen LogP contribution is -2.41. The lowest BCUT2D eigenvalue weighted by atomic mass is 10.1. The third-order valence-electron chi connectivity index (χ3n) is 4.21. The summed E-state index contributed by atoms with van der Waals surface area (Å²) in [6, 6.07) is 3.90. The highest BCUT2D eigenvalue weighted by atomic mass is 32.1. The Labute approximate surface area is 142 Å². The van der Waals surface area contributed by atoms with Crippen LogP contribution in [0.2, 0.25) is 0 Å². The van der Waals surface area contributed by atoms with E-state index in [1.54, 1.807) is 6.92 Å². The molecule has 8 heteroatoms. The summed E-state index contributed by atoms with van der Waals surface area (Å²) in [6.07, 6.45) is 1.66. The van der Waals surface area contributed by atoms with Crippen molar-refractivity contribution in [3.8, 4) is 10.8 Å². The first-order valence-corrected chi connectivity index (χ1v) is 8.70. The molecule has 0 aromatic carbocycles. The second-order valence-corrected chi connectivity index (χ2v) is 6.83. The number of aryl methyl sites for hydroxylation is 3. The number of carbonyl (C=O) groups is 1. The number of hydrogen-bond donors (Lipinski definition) is 1. The van der Waals surface area contributed by atoms with Gasteiger partial charge in [0.25, 0.3) is 5.91 Å². The van der Waals surface area contributed by atoms with Crippen molar-refractivity contribution < 1.29 is 9.21 Å². The maximum atomic E-state index is 12.6. The van der Waals surface area contributed by atoms with Crippen molar-refractivity contribution in [1.29, 1.82) is 0 Å². The predicted octanol–water partition coefficient (Wildman–Crippen LogP) is 2.36. The number of carbonyl (C=O) groups excluding carboxylic acids is 1. The van der Waals surface area contributed by atoms with Gasteiger partial charge in [0.1, 0.15) is 17.4 Å². The molecule has 4 rings (SSSR count). The van der Waals surface area contributed by atoms with Crippen molar-refractivity contribution in [2.45, 2.75) is 39.3 Å². The fourth-order valence-corrected chi connectivity index (χ4v) is 3.60. The van der Waals surface area contributed by atoms with E-state index >= 15 is 0 Å². The summed E-state index contributed by atoms with van der Waals surface area (Å²) >= 11 is 1.54. The topological polar surface area (TPSA) is 85.8 Å². The van der Waals surface area contributed by atoms with Crippen LogP contribution in [0.3, 0.4) is 0 Å². The molecule has 7 nitrogen and oxygen atoms in total. The molecule has 0 radical (unpaired) electrons. The van der Waals surface area contributed by atoms with E-state index in [1.165, 1.54) is 11.3 Å². The Balaban J connectivity index is 1.50. The molecule has 3 aromatic heterocycles. The van der Waals surface area contributed by atoms with E-state index in [1.807, 2.05) is 24.4 Å². The summed E-state index contributed by atoms with van der Waals surface area (Å²) in [5.41, 5.74) is 0.352. The lowest BCUT2D eigenvalue weighted by Gasteiger charge is -2.24. The average Bonchev–Trinajstić information content (AvgIpc) is 3.28. The smallest absolute Gasteiger partial charge is 0.273 e. The van der Waals surface area contributed by atoms with Crippen molar-refractivity contribution in [1.82, 2.24) is 25.1 Å². The maximum absolute atomic E-state index is 12.6. The largest absolute Gasteiger partial charge is 0.440 e. The molecule has 0 bridgehead atoms. The first-order valence-electron chi connectivity index (χ1n) is 7.82. The molecule has 0 spiro atoms. The molecule has 1 atom stereocenters. The number of nitrogens with one attached hydrogen (secondary N) is 1. The summed E-state index contributed by atoms with van der Waals surface area (Å²) in [5, 5.41) is 13.3. The second kappa shape index (κ2) is 5.86. The molecule has 4 heterocycles. The minimum atomic E-state index is -0.196. The highest BCUT2D eigenvalue weighted by molar-refractivity contribution is 7.13. The van der Waals surface area contributed by atoms with E-state index in [4.69, 9.17) is 4.42 Å². The SMILES string of the molecule is Cc1oc(-c2cccs2)nc1C(=O)N[C@H]1CCc2nnc(C)n2C1. The lowest BCUT2D eigenvalue weighted by molar-refractivity contribution is 0.0921. The Bertz CT molecular complexity index is 881. The number of amides is 1. The summed E-state index contributed by atoms with van der Waals surface area (Å²) < 4.78 is 7.70. The Morgan fingerprint density at radius 3 is 3.08 bits per heavy atom. The number of aromatic nitrogens is 4. The Morgan fingerprint density at radius 1 is 1.42 bits per heavy atom. The van der Waals surface area contributed by atoms with Crippen LogP contribution in [0.1, 0.15) is 34.3 Å². The van der Waals surface area contributed by atoms with E-state index in [9.17, 15) is 4.79 Å². The van der Waals surface area contributed by atoms with Gasteiger partial charge in [-0.15, -0.1) is 21.5 Å². The summed E-state index contributed by atoms with van der Waals surface area (Å²) in [7, 11) is 0. The molecule has 3 aromatic rings. The van der Waals surface area contributed by atoms with Gasteiger partial charge >= 0.3 is 0 Å². The van der Waals surface area contributed by atoms with Crippen LogP contribution in [-0.4, -0.2) is 31.7 Å². The van der Waals surface area contributed by atoms with Gasteiger partial charge in [0.2, 0.25) is 5.89 Å². The van der Waals surface area contributed by atoms with Gasteiger partial charge in [-0.1, -0.05) is 6.07 Å². The predicted molar refractivity (Wildman–Crippen MR) is 88.9 cm³/mol. The zero-order chi connectivity index (χ0) is 16.7. The third-order valence-corrected chi connectivity index (χ3v) is 5.07. The van der Waals surface area contributed by atoms with Gasteiger partial charge in [-0.2, -0.15) is 0 Å². The molecule has 0 aliphatic carbocycles. The molecule has 1 N–H and O–H groups in total. The monoisotopic (exact) mass is 343 g/mol. The molecule has 0 unspecified atom stereocenters. The van der Waals surface area contributed by atoms with E-state index in [0.717, 1.165) is 29.4 Å². The van der Waals surface area contributed by atoms with E-state index < -0.39 is 0 Å². The van der Waals surface area contributed by atoms with Crippen LogP contribution < -0.4 is 5.32 Å². The number of hydrogen-bond acceptors (Lipinski definition) is 6. The van der Waals surface area contributed by atoms with Crippen molar-refractivity contribution in [3.63, 3.8) is 0 Å². The van der Waals surface area contributed by atoms with E-state index in [2.05, 4.69) is 25.1 Å². The molecule has 24 heavy (non-hydrogen) atoms. The molecule has 1 amide bonds. The molecular formula is C16H17N5O2S. The fraction of sp³-hybridized carbons (Fsp3) is 0.375. The van der Waals surface area contributed by atoms with E-state index in [0.29, 0.717) is 23.9 Å². The molecule has 1 aliphatic heterocycles. The molecular weight excluding hydrogens is 326 g/mol. The quantitative estimate of drug-likeness (QED) is 0.789. The first-order chi connectivity index (χ1) is 11.6. The molecule has 0 saturated carbocycles. The van der Waals surface area contributed by atoms with Gasteiger partial charge in [0, 0.05) is 19.0 Å². The standard InChI is InChI=1S/C16H17N5O2S/c1-9-14(18-16(23-9)12-4-3-7-24-12)15(22)17-11-5-6-13-20-19-10(2)21(13)8-11/h3-4,7,11H,5-6,8H2,1-2H3,(H,17,22)/t11-/m0/s1. The van der Waals surface area contributed by atoms with Gasteiger partial charge in [0.05, 0.1) is 4.88 Å². The van der Waals surface area contributed by atoms with Crippen molar-refractivity contribution >= 4 is 17.2 Å². The van der Waals surface area contributed by atoms with Gasteiger partial charge in [-0.3, -0.25) is 4.79 Å². The van der Waals surface area contributed by atoms with E-state index in [-0.39, 0.29) is 11.9 Å². The van der Waals surface area contributed by atoms with Gasteiger partial charge in [-0.05, 0) is 31.7 Å². The van der Waals surface area contributed by atoms with Crippen LogP contribution in [0, 0.1) is 13.8 Å². The highest BCUT2D eigenvalue weighted by Gasteiger charge is 2.25. The van der Waals surface area contributed by atoms with Crippen molar-refractivity contribution in [3.05, 3.63) is 40.6 Å². The normalized spacial score (nSPS) is 16.8. The highest BCUT2D eigenvalue weighted by Crippen LogP contribution is 2.26. The Hall–Kier alpha value is -2.48. The zero-order valence-electron chi connectivity index (χ0n) is 13.4. The van der Waals surface area contributed by atoms with Gasteiger partial charge in [-0.25, -0.2) is 4.98 Å². The van der Waals surface area contributed by atoms with Crippen LogP contribution in [0.25, 0.3) is 10.8 Å².